The summed E-state index contributed by atoms with van der Waals surface area (Å²) in [5, 5.41) is 0. The van der Waals surface area contributed by atoms with Gasteiger partial charge in [-0.3, -0.25) is 4.98 Å². The Morgan fingerprint density at radius 3 is 3.09 bits per heavy atom. The summed E-state index contributed by atoms with van der Waals surface area (Å²) < 4.78 is 6.18. The van der Waals surface area contributed by atoms with Gasteiger partial charge in [-0.2, -0.15) is 0 Å². The predicted octanol–water partition coefficient (Wildman–Crippen LogP) is 2.90. The van der Waals surface area contributed by atoms with Crippen LogP contribution >= 0.6 is 15.9 Å². The van der Waals surface area contributed by atoms with Crippen molar-refractivity contribution in [3.05, 3.63) is 28.6 Å². The first-order chi connectivity index (χ1) is 5.29. The zero-order chi connectivity index (χ0) is 7.84. The van der Waals surface area contributed by atoms with E-state index in [0.29, 0.717) is 0 Å². The highest BCUT2D eigenvalue weighted by atomic mass is 79.9. The quantitative estimate of drug-likeness (QED) is 0.670. The van der Waals surface area contributed by atoms with Gasteiger partial charge in [-0.15, -0.1) is 0 Å². The number of hydrogen-bond donors (Lipinski definition) is 0. The van der Waals surface area contributed by atoms with Gasteiger partial charge in [-0.1, -0.05) is 0 Å². The van der Waals surface area contributed by atoms with Crippen LogP contribution in [0.2, 0.25) is 0 Å². The van der Waals surface area contributed by atoms with E-state index in [4.69, 9.17) is 4.42 Å². The molecule has 0 fully saturated rings. The maximum absolute atomic E-state index is 5.27. The van der Waals surface area contributed by atoms with Crippen molar-refractivity contribution < 1.29 is 4.42 Å². The molecule has 0 N–H and O–H groups in total. The number of nitrogens with zero attached hydrogens (tertiary/aromatic N) is 1. The van der Waals surface area contributed by atoms with Gasteiger partial charge in [-0.25, -0.2) is 0 Å². The molecule has 2 aromatic heterocycles. The molecule has 56 valence electrons. The van der Waals surface area contributed by atoms with Crippen LogP contribution < -0.4 is 0 Å². The fourth-order valence-corrected chi connectivity index (χ4v) is 1.41. The van der Waals surface area contributed by atoms with E-state index < -0.39 is 0 Å². The summed E-state index contributed by atoms with van der Waals surface area (Å²) in [4.78, 5) is 4.16. The largest absolute Gasteiger partial charge is 0.461 e. The minimum Gasteiger partial charge on any atom is -0.461 e. The maximum Gasteiger partial charge on any atom is 0.156 e. The van der Waals surface area contributed by atoms with Gasteiger partial charge >= 0.3 is 0 Å². The van der Waals surface area contributed by atoms with Crippen molar-refractivity contribution in [3.63, 3.8) is 0 Å². The lowest BCUT2D eigenvalue weighted by molar-refractivity contribution is 0.611. The minimum atomic E-state index is 0.861. The zero-order valence-electron chi connectivity index (χ0n) is 5.97. The highest BCUT2D eigenvalue weighted by Gasteiger charge is 2.04. The lowest BCUT2D eigenvalue weighted by Crippen LogP contribution is -1.76. The summed E-state index contributed by atoms with van der Waals surface area (Å²) in [5.74, 6) is 0. The van der Waals surface area contributed by atoms with E-state index in [-0.39, 0.29) is 0 Å². The molecule has 0 radical (unpaired) electrons. The Morgan fingerprint density at radius 2 is 2.36 bits per heavy atom. The second kappa shape index (κ2) is 2.34. The predicted molar refractivity (Wildman–Crippen MR) is 46.4 cm³/mol. The van der Waals surface area contributed by atoms with Gasteiger partial charge in [-0.05, 0) is 34.5 Å². The Balaban J connectivity index is 2.94. The van der Waals surface area contributed by atoms with E-state index in [2.05, 4.69) is 20.9 Å². The molecule has 0 bridgehead atoms. The van der Waals surface area contributed by atoms with Crippen LogP contribution in [0.5, 0.6) is 0 Å². The molecule has 0 amide bonds. The summed E-state index contributed by atoms with van der Waals surface area (Å²) in [5.41, 5.74) is 2.87. The lowest BCUT2D eigenvalue weighted by atomic mass is 10.3. The van der Waals surface area contributed by atoms with E-state index in [0.717, 1.165) is 21.1 Å². The first-order valence-electron chi connectivity index (χ1n) is 3.27. The number of rotatable bonds is 0. The average molecular weight is 212 g/mol. The van der Waals surface area contributed by atoms with Crippen LogP contribution in [0.1, 0.15) is 5.56 Å². The zero-order valence-corrected chi connectivity index (χ0v) is 7.55. The number of pyridine rings is 1. The Kier molecular flexibility index (Phi) is 1.46. The molecule has 0 aliphatic heterocycles. The Labute approximate surface area is 72.4 Å². The van der Waals surface area contributed by atoms with Crippen LogP contribution in [0, 0.1) is 6.92 Å². The van der Waals surface area contributed by atoms with Crippen molar-refractivity contribution in [2.24, 2.45) is 0 Å². The smallest absolute Gasteiger partial charge is 0.156 e. The van der Waals surface area contributed by atoms with Gasteiger partial charge in [0.2, 0.25) is 0 Å². The van der Waals surface area contributed by atoms with Crippen molar-refractivity contribution in [2.75, 3.05) is 0 Å². The third-order valence-electron chi connectivity index (χ3n) is 1.61. The van der Waals surface area contributed by atoms with Crippen LogP contribution in [-0.4, -0.2) is 4.98 Å². The van der Waals surface area contributed by atoms with Crippen LogP contribution in [0.15, 0.2) is 27.4 Å². The number of aromatic nitrogens is 1. The Bertz CT molecular complexity index is 394. The molecule has 11 heavy (non-hydrogen) atoms. The highest BCUT2D eigenvalue weighted by Crippen LogP contribution is 2.25. The van der Waals surface area contributed by atoms with Crippen molar-refractivity contribution in [2.45, 2.75) is 6.92 Å². The Hall–Kier alpha value is -0.830. The van der Waals surface area contributed by atoms with E-state index in [1.165, 1.54) is 0 Å². The molecule has 0 aliphatic rings. The average Bonchev–Trinajstić information content (AvgIpc) is 2.35. The van der Waals surface area contributed by atoms with E-state index in [9.17, 15) is 0 Å². The molecule has 0 aromatic carbocycles. The molecule has 2 rings (SSSR count). The second-order valence-corrected chi connectivity index (χ2v) is 3.24. The number of hydrogen-bond acceptors (Lipinski definition) is 2. The van der Waals surface area contributed by atoms with Crippen molar-refractivity contribution >= 4 is 27.0 Å². The van der Waals surface area contributed by atoms with Gasteiger partial charge < -0.3 is 4.42 Å². The number of aryl methyl sites for hydroxylation is 1. The molecule has 0 spiro atoms. The normalized spacial score (nSPS) is 10.7. The van der Waals surface area contributed by atoms with Gasteiger partial charge in [0, 0.05) is 6.20 Å². The monoisotopic (exact) mass is 211 g/mol. The molecule has 0 saturated heterocycles. The topological polar surface area (TPSA) is 26.0 Å². The van der Waals surface area contributed by atoms with Crippen molar-refractivity contribution in [1.82, 2.24) is 4.98 Å². The molecular formula is C8H6BrNO. The summed E-state index contributed by atoms with van der Waals surface area (Å²) in [7, 11) is 0. The molecule has 2 nitrogen and oxygen atoms in total. The fourth-order valence-electron chi connectivity index (χ4n) is 1.03. The first kappa shape index (κ1) is 6.85. The second-order valence-electron chi connectivity index (χ2n) is 2.39. The molecule has 0 atom stereocenters. The SMILES string of the molecule is Cc1ccnc2c(Br)coc12. The molecule has 0 saturated carbocycles. The summed E-state index contributed by atoms with van der Waals surface area (Å²) in [6.45, 7) is 2.00. The number of fused-ring (bicyclic) bond motifs is 1. The van der Waals surface area contributed by atoms with Crippen LogP contribution in [0.25, 0.3) is 11.1 Å². The van der Waals surface area contributed by atoms with E-state index in [1.807, 2.05) is 13.0 Å². The van der Waals surface area contributed by atoms with Gasteiger partial charge in [0.25, 0.3) is 0 Å². The number of furan rings is 1. The van der Waals surface area contributed by atoms with Gasteiger partial charge in [0.15, 0.2) is 5.58 Å². The summed E-state index contributed by atoms with van der Waals surface area (Å²) in [6.07, 6.45) is 3.43. The molecule has 2 heterocycles. The van der Waals surface area contributed by atoms with E-state index in [1.54, 1.807) is 12.5 Å². The molecule has 2 aromatic rings. The summed E-state index contributed by atoms with van der Waals surface area (Å²) >= 11 is 3.34. The third kappa shape index (κ3) is 0.959. The highest BCUT2D eigenvalue weighted by molar-refractivity contribution is 9.10. The lowest BCUT2D eigenvalue weighted by Gasteiger charge is -1.90. The maximum atomic E-state index is 5.27. The van der Waals surface area contributed by atoms with Crippen molar-refractivity contribution in [3.8, 4) is 0 Å². The molecular weight excluding hydrogens is 206 g/mol. The van der Waals surface area contributed by atoms with Crippen molar-refractivity contribution in [1.29, 1.82) is 0 Å². The molecule has 0 aliphatic carbocycles. The van der Waals surface area contributed by atoms with Crippen LogP contribution in [0.3, 0.4) is 0 Å². The minimum absolute atomic E-state index is 0.861. The van der Waals surface area contributed by atoms with E-state index >= 15 is 0 Å². The van der Waals surface area contributed by atoms with Crippen LogP contribution in [-0.2, 0) is 0 Å². The van der Waals surface area contributed by atoms with Gasteiger partial charge in [0.1, 0.15) is 11.8 Å². The number of halogens is 1. The standard InChI is InChI=1S/C8H6BrNO/c1-5-2-3-10-7-6(9)4-11-8(5)7/h2-4H,1H3. The Morgan fingerprint density at radius 1 is 1.55 bits per heavy atom. The third-order valence-corrected chi connectivity index (χ3v) is 2.17. The molecule has 0 unspecified atom stereocenters. The first-order valence-corrected chi connectivity index (χ1v) is 4.06. The summed E-state index contributed by atoms with van der Waals surface area (Å²) in [6, 6.07) is 1.93. The van der Waals surface area contributed by atoms with Crippen LogP contribution in [0.4, 0.5) is 0 Å². The molecule has 3 heteroatoms. The van der Waals surface area contributed by atoms with Gasteiger partial charge in [0.05, 0.1) is 4.47 Å². The fraction of sp³-hybridized carbons (Fsp3) is 0.125.